The molecular weight excluding hydrogens is 450 g/mol. The van der Waals surface area contributed by atoms with Crippen LogP contribution in [0.1, 0.15) is 26.7 Å². The third-order valence-electron chi connectivity index (χ3n) is 5.67. The lowest BCUT2D eigenvalue weighted by molar-refractivity contribution is -0.120. The van der Waals surface area contributed by atoms with Gasteiger partial charge in [-0.2, -0.15) is 8.61 Å². The lowest BCUT2D eigenvalue weighted by Crippen LogP contribution is -2.41. The minimum atomic E-state index is -3.77. The maximum absolute atomic E-state index is 13.0. The molecule has 2 aromatic carbocycles. The van der Waals surface area contributed by atoms with Crippen molar-refractivity contribution in [3.63, 3.8) is 0 Å². The molecule has 1 N–H and O–H groups in total. The molecule has 1 amide bonds. The molecule has 1 aliphatic heterocycles. The van der Waals surface area contributed by atoms with Crippen LogP contribution in [0.25, 0.3) is 0 Å². The summed E-state index contributed by atoms with van der Waals surface area (Å²) in [6, 6.07) is 14.5. The average Bonchev–Trinajstić information content (AvgIpc) is 2.80. The minimum Gasteiger partial charge on any atom is -0.326 e. The van der Waals surface area contributed by atoms with E-state index in [1.54, 1.807) is 13.8 Å². The van der Waals surface area contributed by atoms with Crippen LogP contribution in [0.4, 0.5) is 5.69 Å². The SMILES string of the molecule is CCN(CC)S(=O)(=O)c1ccc(S(=O)(=O)N2CCC(C(=O)Nc3ccccc3)CC2)cc1. The number of benzene rings is 2. The van der Waals surface area contributed by atoms with E-state index in [0.717, 1.165) is 0 Å². The van der Waals surface area contributed by atoms with Gasteiger partial charge in [0, 0.05) is 37.8 Å². The Morgan fingerprint density at radius 2 is 1.44 bits per heavy atom. The Bertz CT molecular complexity index is 1120. The summed E-state index contributed by atoms with van der Waals surface area (Å²) in [5.74, 6) is -0.373. The van der Waals surface area contributed by atoms with Crippen LogP contribution in [0.15, 0.2) is 64.4 Å². The van der Waals surface area contributed by atoms with Crippen LogP contribution in [0.2, 0.25) is 0 Å². The lowest BCUT2D eigenvalue weighted by Gasteiger charge is -2.30. The van der Waals surface area contributed by atoms with E-state index in [-0.39, 0.29) is 34.7 Å². The predicted octanol–water partition coefficient (Wildman–Crippen LogP) is 2.76. The van der Waals surface area contributed by atoms with Crippen molar-refractivity contribution in [1.29, 1.82) is 0 Å². The molecule has 174 valence electrons. The molecule has 2 aromatic rings. The highest BCUT2D eigenvalue weighted by Gasteiger charge is 2.32. The normalized spacial score (nSPS) is 16.2. The van der Waals surface area contributed by atoms with Crippen LogP contribution < -0.4 is 5.32 Å². The molecule has 0 bridgehead atoms. The highest BCUT2D eigenvalue weighted by molar-refractivity contribution is 7.89. The van der Waals surface area contributed by atoms with E-state index in [1.165, 1.54) is 32.9 Å². The number of rotatable bonds is 8. The van der Waals surface area contributed by atoms with Crippen LogP contribution in [0.5, 0.6) is 0 Å². The van der Waals surface area contributed by atoms with Crippen molar-refractivity contribution in [2.75, 3.05) is 31.5 Å². The van der Waals surface area contributed by atoms with E-state index in [4.69, 9.17) is 0 Å². The van der Waals surface area contributed by atoms with Gasteiger partial charge in [0.15, 0.2) is 0 Å². The molecule has 1 heterocycles. The zero-order valence-electron chi connectivity index (χ0n) is 18.3. The number of piperidine rings is 1. The van der Waals surface area contributed by atoms with Crippen molar-refractivity contribution in [3.8, 4) is 0 Å². The number of amides is 1. The number of carbonyl (C=O) groups excluding carboxylic acids is 1. The first kappa shape index (κ1) is 24.4. The third kappa shape index (κ3) is 5.20. The molecule has 1 aliphatic rings. The number of nitrogens with zero attached hydrogens (tertiary/aromatic N) is 2. The summed E-state index contributed by atoms with van der Waals surface area (Å²) in [7, 11) is -7.42. The number of hydrogen-bond donors (Lipinski definition) is 1. The van der Waals surface area contributed by atoms with E-state index in [9.17, 15) is 21.6 Å². The molecule has 0 aromatic heterocycles. The Morgan fingerprint density at radius 3 is 1.97 bits per heavy atom. The molecule has 0 radical (unpaired) electrons. The molecule has 8 nitrogen and oxygen atoms in total. The summed E-state index contributed by atoms with van der Waals surface area (Å²) >= 11 is 0. The largest absolute Gasteiger partial charge is 0.326 e. The maximum Gasteiger partial charge on any atom is 0.243 e. The summed E-state index contributed by atoms with van der Waals surface area (Å²) in [6.45, 7) is 4.65. The van der Waals surface area contributed by atoms with Gasteiger partial charge in [0.05, 0.1) is 9.79 Å². The highest BCUT2D eigenvalue weighted by atomic mass is 32.2. The van der Waals surface area contributed by atoms with Crippen LogP contribution in [-0.4, -0.2) is 57.5 Å². The van der Waals surface area contributed by atoms with E-state index in [0.29, 0.717) is 31.6 Å². The van der Waals surface area contributed by atoms with E-state index >= 15 is 0 Å². The average molecular weight is 480 g/mol. The van der Waals surface area contributed by atoms with Gasteiger partial charge in [-0.25, -0.2) is 16.8 Å². The first-order valence-corrected chi connectivity index (χ1v) is 13.5. The number of sulfonamides is 2. The van der Waals surface area contributed by atoms with Gasteiger partial charge >= 0.3 is 0 Å². The van der Waals surface area contributed by atoms with Gasteiger partial charge < -0.3 is 5.32 Å². The molecule has 0 atom stereocenters. The maximum atomic E-state index is 13.0. The second kappa shape index (κ2) is 10.1. The van der Waals surface area contributed by atoms with Gasteiger partial charge in [0.2, 0.25) is 26.0 Å². The van der Waals surface area contributed by atoms with Crippen LogP contribution in [-0.2, 0) is 24.8 Å². The highest BCUT2D eigenvalue weighted by Crippen LogP contribution is 2.26. The first-order chi connectivity index (χ1) is 15.2. The summed E-state index contributed by atoms with van der Waals surface area (Å²) in [5, 5.41) is 2.87. The number of nitrogens with one attached hydrogen (secondary N) is 1. The van der Waals surface area contributed by atoms with Crippen molar-refractivity contribution in [2.45, 2.75) is 36.5 Å². The Labute approximate surface area is 190 Å². The summed E-state index contributed by atoms with van der Waals surface area (Å²) in [4.78, 5) is 12.6. The molecule has 3 rings (SSSR count). The molecule has 0 saturated carbocycles. The molecule has 32 heavy (non-hydrogen) atoms. The van der Waals surface area contributed by atoms with Crippen molar-refractivity contribution in [3.05, 3.63) is 54.6 Å². The Morgan fingerprint density at radius 1 is 0.906 bits per heavy atom. The number of hydrogen-bond acceptors (Lipinski definition) is 5. The van der Waals surface area contributed by atoms with Gasteiger partial charge in [0.25, 0.3) is 0 Å². The third-order valence-corrected chi connectivity index (χ3v) is 9.65. The molecule has 0 aliphatic carbocycles. The zero-order valence-corrected chi connectivity index (χ0v) is 19.9. The van der Waals surface area contributed by atoms with Gasteiger partial charge in [-0.3, -0.25) is 4.79 Å². The van der Waals surface area contributed by atoms with Gasteiger partial charge in [-0.15, -0.1) is 0 Å². The first-order valence-electron chi connectivity index (χ1n) is 10.7. The molecule has 1 saturated heterocycles. The Balaban J connectivity index is 1.66. The van der Waals surface area contributed by atoms with Gasteiger partial charge in [0.1, 0.15) is 0 Å². The minimum absolute atomic E-state index is 0.0446. The second-order valence-electron chi connectivity index (χ2n) is 7.59. The fourth-order valence-corrected chi connectivity index (χ4v) is 6.70. The standard InChI is InChI=1S/C22H29N3O5S2/c1-3-24(4-2)31(27,28)20-10-12-21(13-11-20)32(29,30)25-16-14-18(15-17-25)22(26)23-19-8-6-5-7-9-19/h5-13,18H,3-4,14-17H2,1-2H3,(H,23,26). The smallest absolute Gasteiger partial charge is 0.243 e. The van der Waals surface area contributed by atoms with Crippen molar-refractivity contribution < 1.29 is 21.6 Å². The fraction of sp³-hybridized carbons (Fsp3) is 0.409. The topological polar surface area (TPSA) is 104 Å². The number of anilines is 1. The number of para-hydroxylation sites is 1. The lowest BCUT2D eigenvalue weighted by atomic mass is 9.97. The molecule has 1 fully saturated rings. The van der Waals surface area contributed by atoms with Crippen LogP contribution >= 0.6 is 0 Å². The summed E-state index contributed by atoms with van der Waals surface area (Å²) in [5.41, 5.74) is 0.715. The van der Waals surface area contributed by atoms with Crippen LogP contribution in [0.3, 0.4) is 0 Å². The van der Waals surface area contributed by atoms with Gasteiger partial charge in [-0.05, 0) is 49.2 Å². The van der Waals surface area contributed by atoms with Crippen molar-refractivity contribution in [2.24, 2.45) is 5.92 Å². The quantitative estimate of drug-likeness (QED) is 0.627. The molecular formula is C22H29N3O5S2. The van der Waals surface area contributed by atoms with E-state index in [1.807, 2.05) is 30.3 Å². The second-order valence-corrected chi connectivity index (χ2v) is 11.5. The number of carbonyl (C=O) groups is 1. The molecule has 10 heteroatoms. The fourth-order valence-electron chi connectivity index (χ4n) is 3.77. The molecule has 0 unspecified atom stereocenters. The Kier molecular flexibility index (Phi) is 7.71. The zero-order chi connectivity index (χ0) is 23.4. The van der Waals surface area contributed by atoms with E-state index in [2.05, 4.69) is 5.32 Å². The monoisotopic (exact) mass is 479 g/mol. The van der Waals surface area contributed by atoms with Crippen LogP contribution in [0, 0.1) is 5.92 Å². The molecule has 0 spiro atoms. The predicted molar refractivity (Wildman–Crippen MR) is 123 cm³/mol. The van der Waals surface area contributed by atoms with Crippen molar-refractivity contribution in [1.82, 2.24) is 8.61 Å². The van der Waals surface area contributed by atoms with Crippen molar-refractivity contribution >= 4 is 31.6 Å². The summed E-state index contributed by atoms with van der Waals surface area (Å²) < 4.78 is 54.0. The van der Waals surface area contributed by atoms with Gasteiger partial charge in [-0.1, -0.05) is 32.0 Å². The van der Waals surface area contributed by atoms with E-state index < -0.39 is 20.0 Å². The summed E-state index contributed by atoms with van der Waals surface area (Å²) in [6.07, 6.45) is 0.846. The Hall–Kier alpha value is -2.27.